The highest BCUT2D eigenvalue weighted by molar-refractivity contribution is 5.75. The molecule has 1 heterocycles. The van der Waals surface area contributed by atoms with Gasteiger partial charge >= 0.3 is 0 Å². The Kier molecular flexibility index (Phi) is 4.74. The first-order valence-corrected chi connectivity index (χ1v) is 6.84. The van der Waals surface area contributed by atoms with Crippen molar-refractivity contribution < 1.29 is 4.79 Å². The maximum atomic E-state index is 11.2. The Bertz CT molecular complexity index is 412. The van der Waals surface area contributed by atoms with E-state index in [2.05, 4.69) is 15.2 Å². The molecule has 0 radical (unpaired) electrons. The monoisotopic (exact) mass is 262 g/mol. The molecule has 5 nitrogen and oxygen atoms in total. The van der Waals surface area contributed by atoms with Gasteiger partial charge in [0, 0.05) is 25.8 Å². The SMILES string of the molecule is CNc1ccc(CN(CC(N)=O)C2CCCC2)cn1. The number of rotatable bonds is 6. The van der Waals surface area contributed by atoms with E-state index in [1.54, 1.807) is 0 Å². The molecule has 0 aliphatic heterocycles. The summed E-state index contributed by atoms with van der Waals surface area (Å²) in [5, 5.41) is 3.00. The molecule has 3 N–H and O–H groups in total. The molecule has 1 aliphatic carbocycles. The summed E-state index contributed by atoms with van der Waals surface area (Å²) in [6.07, 6.45) is 6.67. The normalized spacial score (nSPS) is 15.9. The van der Waals surface area contributed by atoms with Gasteiger partial charge in [-0.2, -0.15) is 0 Å². The number of carbonyl (C=O) groups is 1. The maximum absolute atomic E-state index is 11.2. The molecule has 5 heteroatoms. The Morgan fingerprint density at radius 1 is 1.47 bits per heavy atom. The van der Waals surface area contributed by atoms with Crippen LogP contribution in [0.1, 0.15) is 31.2 Å². The number of primary amides is 1. The molecular weight excluding hydrogens is 240 g/mol. The van der Waals surface area contributed by atoms with Gasteiger partial charge in [-0.05, 0) is 24.5 Å². The van der Waals surface area contributed by atoms with Gasteiger partial charge in [-0.3, -0.25) is 9.69 Å². The van der Waals surface area contributed by atoms with E-state index >= 15 is 0 Å². The summed E-state index contributed by atoms with van der Waals surface area (Å²) < 4.78 is 0. The molecule has 19 heavy (non-hydrogen) atoms. The van der Waals surface area contributed by atoms with Crippen LogP contribution in [0.15, 0.2) is 18.3 Å². The number of hydrogen-bond acceptors (Lipinski definition) is 4. The van der Waals surface area contributed by atoms with Crippen LogP contribution in [-0.4, -0.2) is 35.4 Å². The fourth-order valence-electron chi connectivity index (χ4n) is 2.68. The molecule has 0 saturated heterocycles. The minimum absolute atomic E-state index is 0.258. The Labute approximate surface area is 114 Å². The number of amides is 1. The second kappa shape index (κ2) is 6.52. The molecule has 2 rings (SSSR count). The molecule has 1 amide bonds. The van der Waals surface area contributed by atoms with Crippen molar-refractivity contribution in [3.05, 3.63) is 23.9 Å². The Hall–Kier alpha value is -1.62. The van der Waals surface area contributed by atoms with Gasteiger partial charge in [-0.25, -0.2) is 4.98 Å². The average Bonchev–Trinajstić information content (AvgIpc) is 2.92. The molecule has 1 aromatic rings. The van der Waals surface area contributed by atoms with Crippen LogP contribution in [0.5, 0.6) is 0 Å². The third kappa shape index (κ3) is 3.92. The molecule has 1 fully saturated rings. The van der Waals surface area contributed by atoms with Gasteiger partial charge in [0.25, 0.3) is 0 Å². The lowest BCUT2D eigenvalue weighted by molar-refractivity contribution is -0.119. The minimum atomic E-state index is -0.258. The topological polar surface area (TPSA) is 71.2 Å². The van der Waals surface area contributed by atoms with E-state index in [0.717, 1.165) is 30.8 Å². The van der Waals surface area contributed by atoms with E-state index in [0.29, 0.717) is 12.6 Å². The predicted octanol–water partition coefficient (Wildman–Crippen LogP) is 1.35. The van der Waals surface area contributed by atoms with Crippen molar-refractivity contribution in [3.63, 3.8) is 0 Å². The standard InChI is InChI=1S/C14H22N4O/c1-16-14-7-6-11(8-17-14)9-18(10-13(15)19)12-4-2-3-5-12/h6-8,12H,2-5,9-10H2,1H3,(H2,15,19)(H,16,17). The third-order valence-electron chi connectivity index (χ3n) is 3.67. The summed E-state index contributed by atoms with van der Waals surface area (Å²) in [5.74, 6) is 0.595. The summed E-state index contributed by atoms with van der Waals surface area (Å²) in [4.78, 5) is 17.7. The lowest BCUT2D eigenvalue weighted by Crippen LogP contribution is -2.39. The molecule has 0 aromatic carbocycles. The van der Waals surface area contributed by atoms with E-state index in [1.807, 2.05) is 25.4 Å². The largest absolute Gasteiger partial charge is 0.373 e. The Balaban J connectivity index is 2.03. The second-order valence-corrected chi connectivity index (χ2v) is 5.11. The highest BCUT2D eigenvalue weighted by atomic mass is 16.1. The van der Waals surface area contributed by atoms with Crippen LogP contribution >= 0.6 is 0 Å². The Morgan fingerprint density at radius 2 is 2.21 bits per heavy atom. The van der Waals surface area contributed by atoms with Crippen molar-refractivity contribution in [2.24, 2.45) is 5.73 Å². The van der Waals surface area contributed by atoms with Gasteiger partial charge in [0.05, 0.1) is 6.54 Å². The first-order chi connectivity index (χ1) is 9.19. The summed E-state index contributed by atoms with van der Waals surface area (Å²) in [5.41, 5.74) is 6.47. The van der Waals surface area contributed by atoms with E-state index in [-0.39, 0.29) is 5.91 Å². The fourth-order valence-corrected chi connectivity index (χ4v) is 2.68. The smallest absolute Gasteiger partial charge is 0.231 e. The van der Waals surface area contributed by atoms with Gasteiger partial charge in [-0.1, -0.05) is 18.9 Å². The molecule has 1 aliphatic rings. The lowest BCUT2D eigenvalue weighted by Gasteiger charge is -2.27. The number of pyridine rings is 1. The van der Waals surface area contributed by atoms with Crippen LogP contribution in [0, 0.1) is 0 Å². The van der Waals surface area contributed by atoms with Gasteiger partial charge in [0.2, 0.25) is 5.91 Å². The third-order valence-corrected chi connectivity index (χ3v) is 3.67. The average molecular weight is 262 g/mol. The zero-order valence-electron chi connectivity index (χ0n) is 11.4. The quantitative estimate of drug-likeness (QED) is 0.812. The van der Waals surface area contributed by atoms with E-state index in [9.17, 15) is 4.79 Å². The molecule has 0 bridgehead atoms. The highest BCUT2D eigenvalue weighted by Gasteiger charge is 2.23. The molecular formula is C14H22N4O. The van der Waals surface area contributed by atoms with Gasteiger partial charge in [0.15, 0.2) is 0 Å². The summed E-state index contributed by atoms with van der Waals surface area (Å²) in [6.45, 7) is 1.07. The van der Waals surface area contributed by atoms with Crippen molar-refractivity contribution >= 4 is 11.7 Å². The second-order valence-electron chi connectivity index (χ2n) is 5.11. The van der Waals surface area contributed by atoms with Gasteiger partial charge in [0.1, 0.15) is 5.82 Å². The van der Waals surface area contributed by atoms with Crippen LogP contribution in [-0.2, 0) is 11.3 Å². The first kappa shape index (κ1) is 13.8. The maximum Gasteiger partial charge on any atom is 0.231 e. The number of anilines is 1. The summed E-state index contributed by atoms with van der Waals surface area (Å²) in [7, 11) is 1.85. The molecule has 104 valence electrons. The molecule has 0 unspecified atom stereocenters. The van der Waals surface area contributed by atoms with E-state index in [4.69, 9.17) is 5.73 Å². The highest BCUT2D eigenvalue weighted by Crippen LogP contribution is 2.24. The van der Waals surface area contributed by atoms with E-state index in [1.165, 1.54) is 12.8 Å². The number of hydrogen-bond donors (Lipinski definition) is 2. The van der Waals surface area contributed by atoms with Crippen molar-refractivity contribution in [1.29, 1.82) is 0 Å². The summed E-state index contributed by atoms with van der Waals surface area (Å²) >= 11 is 0. The van der Waals surface area contributed by atoms with Crippen molar-refractivity contribution in [2.45, 2.75) is 38.3 Å². The predicted molar refractivity (Wildman–Crippen MR) is 75.6 cm³/mol. The number of nitrogens with one attached hydrogen (secondary N) is 1. The molecule has 0 atom stereocenters. The minimum Gasteiger partial charge on any atom is -0.373 e. The first-order valence-electron chi connectivity index (χ1n) is 6.84. The lowest BCUT2D eigenvalue weighted by atomic mass is 10.1. The molecule has 0 spiro atoms. The van der Waals surface area contributed by atoms with E-state index < -0.39 is 0 Å². The van der Waals surface area contributed by atoms with Crippen molar-refractivity contribution in [1.82, 2.24) is 9.88 Å². The van der Waals surface area contributed by atoms with Crippen LogP contribution < -0.4 is 11.1 Å². The van der Waals surface area contributed by atoms with Crippen LogP contribution in [0.3, 0.4) is 0 Å². The van der Waals surface area contributed by atoms with Crippen LogP contribution in [0.25, 0.3) is 0 Å². The van der Waals surface area contributed by atoms with Gasteiger partial charge in [-0.15, -0.1) is 0 Å². The fraction of sp³-hybridized carbons (Fsp3) is 0.571. The molecule has 1 saturated carbocycles. The van der Waals surface area contributed by atoms with Crippen LogP contribution in [0.2, 0.25) is 0 Å². The van der Waals surface area contributed by atoms with Crippen LogP contribution in [0.4, 0.5) is 5.82 Å². The van der Waals surface area contributed by atoms with Gasteiger partial charge < -0.3 is 11.1 Å². The molecule has 1 aromatic heterocycles. The Morgan fingerprint density at radius 3 is 2.74 bits per heavy atom. The summed E-state index contributed by atoms with van der Waals surface area (Å²) in [6, 6.07) is 4.48. The number of nitrogens with two attached hydrogens (primary N) is 1. The zero-order chi connectivity index (χ0) is 13.7. The van der Waals surface area contributed by atoms with Crippen molar-refractivity contribution in [3.8, 4) is 0 Å². The number of carbonyl (C=O) groups excluding carboxylic acids is 1. The number of nitrogens with zero attached hydrogens (tertiary/aromatic N) is 2. The van der Waals surface area contributed by atoms with Crippen molar-refractivity contribution in [2.75, 3.05) is 18.9 Å². The zero-order valence-corrected chi connectivity index (χ0v) is 11.4. The number of aromatic nitrogens is 1.